The van der Waals surface area contributed by atoms with E-state index in [1.165, 1.54) is 6.07 Å². The molecule has 2 heterocycles. The number of aromatic nitrogens is 3. The van der Waals surface area contributed by atoms with Crippen LogP contribution in [0.4, 0.5) is 4.39 Å². The fraction of sp³-hybridized carbons (Fsp3) is 0. The first-order valence-corrected chi connectivity index (χ1v) is 16.5. The van der Waals surface area contributed by atoms with Crippen LogP contribution in [0.2, 0.25) is 0 Å². The first-order valence-electron chi connectivity index (χ1n) is 16.5. The van der Waals surface area contributed by atoms with Crippen LogP contribution in [0.25, 0.3) is 89.5 Å². The molecule has 5 heteroatoms. The molecule has 0 spiro atoms. The van der Waals surface area contributed by atoms with Gasteiger partial charge in [-0.25, -0.2) is 19.3 Å². The molecule has 50 heavy (non-hydrogen) atoms. The molecule has 0 aliphatic heterocycles. The number of para-hydroxylation sites is 1. The highest BCUT2D eigenvalue weighted by atomic mass is 19.1. The van der Waals surface area contributed by atoms with Crippen molar-refractivity contribution in [3.8, 4) is 67.5 Å². The molecule has 0 amide bonds. The normalized spacial score (nSPS) is 11.3. The van der Waals surface area contributed by atoms with Crippen molar-refractivity contribution in [2.24, 2.45) is 0 Å². The summed E-state index contributed by atoms with van der Waals surface area (Å²) >= 11 is 0. The van der Waals surface area contributed by atoms with Crippen LogP contribution >= 0.6 is 0 Å². The lowest BCUT2D eigenvalue weighted by molar-refractivity contribution is 0.631. The molecule has 0 atom stereocenters. The number of halogens is 1. The van der Waals surface area contributed by atoms with Crippen molar-refractivity contribution in [2.75, 3.05) is 0 Å². The fourth-order valence-electron chi connectivity index (χ4n) is 6.51. The molecule has 9 rings (SSSR count). The Hall–Kier alpha value is -6.72. The van der Waals surface area contributed by atoms with Crippen molar-refractivity contribution in [1.29, 1.82) is 0 Å². The SMILES string of the molecule is Fc1ccc(-c2nc(-c3ccccc3)nc(-c3ccccc3)n2)cc1-c1cccc(-c2cccc3c2oc2cc(-c4ccccc4)ccc23)c1. The van der Waals surface area contributed by atoms with Gasteiger partial charge in [-0.1, -0.05) is 133 Å². The van der Waals surface area contributed by atoms with Crippen LogP contribution in [0.5, 0.6) is 0 Å². The maximum Gasteiger partial charge on any atom is 0.164 e. The molecule has 236 valence electrons. The molecule has 0 N–H and O–H groups in total. The van der Waals surface area contributed by atoms with E-state index in [1.54, 1.807) is 6.07 Å². The Morgan fingerprint density at radius 1 is 0.360 bits per heavy atom. The van der Waals surface area contributed by atoms with Crippen LogP contribution in [0, 0.1) is 5.82 Å². The molecule has 0 saturated heterocycles. The van der Waals surface area contributed by atoms with Gasteiger partial charge in [0.1, 0.15) is 17.0 Å². The predicted octanol–water partition coefficient (Wildman–Crippen LogP) is 11.9. The van der Waals surface area contributed by atoms with Gasteiger partial charge in [-0.15, -0.1) is 0 Å². The van der Waals surface area contributed by atoms with Gasteiger partial charge < -0.3 is 4.42 Å². The Balaban J connectivity index is 1.13. The Morgan fingerprint density at radius 3 is 1.56 bits per heavy atom. The third-order valence-electron chi connectivity index (χ3n) is 9.01. The van der Waals surface area contributed by atoms with Gasteiger partial charge >= 0.3 is 0 Å². The van der Waals surface area contributed by atoms with E-state index in [0.717, 1.165) is 60.9 Å². The van der Waals surface area contributed by atoms with E-state index < -0.39 is 0 Å². The van der Waals surface area contributed by atoms with E-state index in [0.29, 0.717) is 28.6 Å². The van der Waals surface area contributed by atoms with Gasteiger partial charge in [0, 0.05) is 38.6 Å². The third kappa shape index (κ3) is 5.41. The highest BCUT2D eigenvalue weighted by molar-refractivity contribution is 6.10. The van der Waals surface area contributed by atoms with Crippen molar-refractivity contribution in [1.82, 2.24) is 15.0 Å². The summed E-state index contributed by atoms with van der Waals surface area (Å²) in [5.41, 5.74) is 9.36. The van der Waals surface area contributed by atoms with Crippen LogP contribution in [0.1, 0.15) is 0 Å². The highest BCUT2D eigenvalue weighted by Crippen LogP contribution is 2.39. The molecule has 0 radical (unpaired) electrons. The first kappa shape index (κ1) is 29.4. The van der Waals surface area contributed by atoms with Crippen LogP contribution < -0.4 is 0 Å². The number of furan rings is 1. The molecule has 0 bridgehead atoms. The van der Waals surface area contributed by atoms with Crippen molar-refractivity contribution >= 4 is 21.9 Å². The summed E-state index contributed by atoms with van der Waals surface area (Å²) in [5.74, 6) is 1.24. The summed E-state index contributed by atoms with van der Waals surface area (Å²) in [6.45, 7) is 0. The quantitative estimate of drug-likeness (QED) is 0.181. The standard InChI is InChI=1S/C45H28FN3O/c46-40-25-23-35(45-48-43(30-14-6-2-7-15-30)47-44(49-45)31-16-8-3-9-17-31)27-39(40)34-19-10-18-33(26-34)36-20-11-21-38-37-24-22-32(28-41(37)50-42(36)38)29-12-4-1-5-13-29/h1-28H. The maximum atomic E-state index is 15.7. The lowest BCUT2D eigenvalue weighted by Gasteiger charge is -2.11. The molecule has 0 fully saturated rings. The summed E-state index contributed by atoms with van der Waals surface area (Å²) in [7, 11) is 0. The molecule has 4 nitrogen and oxygen atoms in total. The number of fused-ring (bicyclic) bond motifs is 3. The lowest BCUT2D eigenvalue weighted by atomic mass is 9.96. The Bertz CT molecular complexity index is 2600. The van der Waals surface area contributed by atoms with Gasteiger partial charge in [-0.2, -0.15) is 0 Å². The second kappa shape index (κ2) is 12.4. The molecular weight excluding hydrogens is 618 g/mol. The Kier molecular flexibility index (Phi) is 7.29. The fourth-order valence-corrected chi connectivity index (χ4v) is 6.51. The summed E-state index contributed by atoms with van der Waals surface area (Å²) in [4.78, 5) is 14.5. The van der Waals surface area contributed by atoms with Gasteiger partial charge in [0.2, 0.25) is 0 Å². The minimum atomic E-state index is -0.332. The van der Waals surface area contributed by atoms with E-state index in [2.05, 4.69) is 42.5 Å². The molecule has 2 aromatic heterocycles. The Morgan fingerprint density at radius 2 is 0.900 bits per heavy atom. The van der Waals surface area contributed by atoms with Crippen molar-refractivity contribution < 1.29 is 8.81 Å². The number of hydrogen-bond acceptors (Lipinski definition) is 4. The number of benzene rings is 7. The number of hydrogen-bond donors (Lipinski definition) is 0. The molecule has 0 unspecified atom stereocenters. The van der Waals surface area contributed by atoms with Crippen molar-refractivity contribution in [3.05, 3.63) is 176 Å². The van der Waals surface area contributed by atoms with Gasteiger partial charge in [0.05, 0.1) is 0 Å². The van der Waals surface area contributed by atoms with Crippen molar-refractivity contribution in [2.45, 2.75) is 0 Å². The number of rotatable bonds is 6. The minimum Gasteiger partial charge on any atom is -0.455 e. The van der Waals surface area contributed by atoms with Crippen molar-refractivity contribution in [3.63, 3.8) is 0 Å². The van der Waals surface area contributed by atoms with E-state index in [-0.39, 0.29) is 5.82 Å². The van der Waals surface area contributed by atoms with Gasteiger partial charge in [0.15, 0.2) is 17.5 Å². The van der Waals surface area contributed by atoms with Crippen LogP contribution in [-0.2, 0) is 0 Å². The third-order valence-corrected chi connectivity index (χ3v) is 9.01. The minimum absolute atomic E-state index is 0.332. The lowest BCUT2D eigenvalue weighted by Crippen LogP contribution is -2.00. The largest absolute Gasteiger partial charge is 0.455 e. The van der Waals surface area contributed by atoms with E-state index >= 15 is 4.39 Å². The van der Waals surface area contributed by atoms with Crippen LogP contribution in [0.15, 0.2) is 174 Å². The smallest absolute Gasteiger partial charge is 0.164 e. The Labute approximate surface area is 288 Å². The van der Waals surface area contributed by atoms with E-state index in [1.807, 2.05) is 115 Å². The molecule has 9 aromatic rings. The van der Waals surface area contributed by atoms with Crippen LogP contribution in [0.3, 0.4) is 0 Å². The van der Waals surface area contributed by atoms with Gasteiger partial charge in [0.25, 0.3) is 0 Å². The average molecular weight is 646 g/mol. The second-order valence-electron chi connectivity index (χ2n) is 12.2. The molecular formula is C45H28FN3O. The average Bonchev–Trinajstić information content (AvgIpc) is 3.57. The van der Waals surface area contributed by atoms with E-state index in [4.69, 9.17) is 19.4 Å². The van der Waals surface area contributed by atoms with Gasteiger partial charge in [-0.05, 0) is 58.7 Å². The summed E-state index contributed by atoms with van der Waals surface area (Å²) in [5, 5.41) is 2.09. The number of nitrogens with zero attached hydrogens (tertiary/aromatic N) is 3. The zero-order valence-corrected chi connectivity index (χ0v) is 26.8. The zero-order valence-electron chi connectivity index (χ0n) is 26.8. The summed E-state index contributed by atoms with van der Waals surface area (Å²) in [6, 6.07) is 55.4. The summed E-state index contributed by atoms with van der Waals surface area (Å²) in [6.07, 6.45) is 0. The maximum absolute atomic E-state index is 15.7. The van der Waals surface area contributed by atoms with Gasteiger partial charge in [-0.3, -0.25) is 0 Å². The molecule has 0 saturated carbocycles. The molecule has 0 aliphatic carbocycles. The molecule has 0 aliphatic rings. The first-order chi connectivity index (χ1) is 24.7. The summed E-state index contributed by atoms with van der Waals surface area (Å²) < 4.78 is 22.2. The predicted molar refractivity (Wildman–Crippen MR) is 200 cm³/mol. The second-order valence-corrected chi connectivity index (χ2v) is 12.2. The highest BCUT2D eigenvalue weighted by Gasteiger charge is 2.17. The monoisotopic (exact) mass is 645 g/mol. The van der Waals surface area contributed by atoms with Crippen LogP contribution in [-0.4, -0.2) is 15.0 Å². The zero-order chi connectivity index (χ0) is 33.4. The van der Waals surface area contributed by atoms with E-state index in [9.17, 15) is 0 Å². The topological polar surface area (TPSA) is 51.8 Å². The molecule has 7 aromatic carbocycles.